The van der Waals surface area contributed by atoms with E-state index in [0.717, 1.165) is 68.1 Å². The smallest absolute Gasteiger partial charge is 0.276 e. The van der Waals surface area contributed by atoms with Gasteiger partial charge in [-0.05, 0) is 63.4 Å². The lowest BCUT2D eigenvalue weighted by atomic mass is 10.0. The van der Waals surface area contributed by atoms with Gasteiger partial charge in [-0.15, -0.1) is 5.10 Å². The van der Waals surface area contributed by atoms with Crippen molar-refractivity contribution in [3.8, 4) is 11.5 Å². The van der Waals surface area contributed by atoms with Crippen LogP contribution in [0.5, 0.6) is 11.5 Å². The van der Waals surface area contributed by atoms with E-state index >= 15 is 0 Å². The van der Waals surface area contributed by atoms with Gasteiger partial charge in [0.25, 0.3) is 5.91 Å². The lowest BCUT2D eigenvalue weighted by Gasteiger charge is -2.25. The van der Waals surface area contributed by atoms with Gasteiger partial charge in [0.15, 0.2) is 17.2 Å². The lowest BCUT2D eigenvalue weighted by molar-refractivity contribution is 0.0728. The molecule has 3 aliphatic heterocycles. The number of nitrogens with zero attached hydrogens (tertiary/aromatic N) is 4. The topological polar surface area (TPSA) is 81.5 Å². The first kappa shape index (κ1) is 17.5. The zero-order valence-corrected chi connectivity index (χ0v) is 16.1. The quantitative estimate of drug-likeness (QED) is 0.875. The van der Waals surface area contributed by atoms with Gasteiger partial charge in [0.05, 0.1) is 17.8 Å². The van der Waals surface area contributed by atoms with E-state index in [1.165, 1.54) is 0 Å². The van der Waals surface area contributed by atoms with Crippen LogP contribution in [0.3, 0.4) is 0 Å². The average Bonchev–Trinajstić information content (AvgIpc) is 3.46. The van der Waals surface area contributed by atoms with Crippen LogP contribution in [0, 0.1) is 6.92 Å². The molecule has 0 aliphatic carbocycles. The molecule has 8 heteroatoms. The van der Waals surface area contributed by atoms with Gasteiger partial charge in [0.2, 0.25) is 6.79 Å². The number of piperidine rings is 1. The van der Waals surface area contributed by atoms with Gasteiger partial charge in [-0.3, -0.25) is 4.79 Å². The highest BCUT2D eigenvalue weighted by Crippen LogP contribution is 2.39. The summed E-state index contributed by atoms with van der Waals surface area (Å²) >= 11 is 0. The van der Waals surface area contributed by atoms with Crippen molar-refractivity contribution < 1.29 is 14.3 Å². The van der Waals surface area contributed by atoms with E-state index in [1.54, 1.807) is 0 Å². The summed E-state index contributed by atoms with van der Waals surface area (Å²) in [6, 6.07) is 6.31. The van der Waals surface area contributed by atoms with Crippen LogP contribution >= 0.6 is 0 Å². The summed E-state index contributed by atoms with van der Waals surface area (Å²) in [7, 11) is 0. The molecule has 1 N–H and O–H groups in total. The highest BCUT2D eigenvalue weighted by Gasteiger charge is 2.34. The van der Waals surface area contributed by atoms with E-state index < -0.39 is 0 Å². The van der Waals surface area contributed by atoms with Gasteiger partial charge in [0, 0.05) is 6.54 Å². The van der Waals surface area contributed by atoms with Crippen molar-refractivity contribution in [2.45, 2.75) is 44.7 Å². The molecule has 1 amide bonds. The third kappa shape index (κ3) is 2.92. The number of ether oxygens (including phenoxy) is 2. The van der Waals surface area contributed by atoms with Gasteiger partial charge >= 0.3 is 0 Å². The Morgan fingerprint density at radius 2 is 2.00 bits per heavy atom. The van der Waals surface area contributed by atoms with Crippen molar-refractivity contribution in [1.82, 2.24) is 25.2 Å². The Balaban J connectivity index is 1.39. The summed E-state index contributed by atoms with van der Waals surface area (Å²) in [6.45, 7) is 4.90. The largest absolute Gasteiger partial charge is 0.454 e. The molecule has 1 aromatic heterocycles. The van der Waals surface area contributed by atoms with E-state index in [4.69, 9.17) is 9.47 Å². The second-order valence-corrected chi connectivity index (χ2v) is 7.72. The summed E-state index contributed by atoms with van der Waals surface area (Å²) in [4.78, 5) is 15.3. The molecule has 3 aliphatic rings. The minimum Gasteiger partial charge on any atom is -0.454 e. The maximum Gasteiger partial charge on any atom is 0.276 e. The number of rotatable bonds is 3. The molecular formula is C20H25N5O3. The molecule has 2 saturated heterocycles. The molecule has 28 heavy (non-hydrogen) atoms. The Hall–Kier alpha value is -2.61. The van der Waals surface area contributed by atoms with Crippen molar-refractivity contribution in [1.29, 1.82) is 0 Å². The molecule has 2 aromatic rings. The molecule has 148 valence electrons. The normalized spacial score (nSPS) is 22.0. The number of carbonyl (C=O) groups is 1. The van der Waals surface area contributed by atoms with Crippen LogP contribution in [0.4, 0.5) is 0 Å². The number of amides is 1. The van der Waals surface area contributed by atoms with Crippen molar-refractivity contribution >= 4 is 5.91 Å². The zero-order chi connectivity index (χ0) is 19.1. The van der Waals surface area contributed by atoms with Crippen LogP contribution in [0.15, 0.2) is 18.2 Å². The summed E-state index contributed by atoms with van der Waals surface area (Å²) in [5, 5.41) is 12.0. The lowest BCUT2D eigenvalue weighted by Crippen LogP contribution is -2.32. The van der Waals surface area contributed by atoms with Crippen LogP contribution < -0.4 is 14.8 Å². The van der Waals surface area contributed by atoms with Crippen LogP contribution in [0.1, 0.15) is 59.5 Å². The minimum atomic E-state index is -0.0298. The van der Waals surface area contributed by atoms with Crippen molar-refractivity contribution in [3.63, 3.8) is 0 Å². The van der Waals surface area contributed by atoms with Gasteiger partial charge in [0.1, 0.15) is 0 Å². The molecule has 1 aromatic carbocycles. The first-order valence-electron chi connectivity index (χ1n) is 10.1. The molecule has 0 saturated carbocycles. The van der Waals surface area contributed by atoms with Crippen molar-refractivity contribution in [2.75, 3.05) is 26.4 Å². The standard InChI is InChI=1S/C20H25N5O3/c1-13-19(22-23-25(13)15-6-8-21-9-7-15)20(26)24-10-2-3-16(24)14-4-5-17-18(11-14)28-12-27-17/h4-5,11,15-16,21H,2-3,6-10,12H2,1H3. The molecule has 2 fully saturated rings. The molecular weight excluding hydrogens is 358 g/mol. The van der Waals surface area contributed by atoms with Gasteiger partial charge in [-0.2, -0.15) is 0 Å². The van der Waals surface area contributed by atoms with E-state index in [-0.39, 0.29) is 18.7 Å². The second kappa shape index (κ2) is 7.09. The number of carbonyl (C=O) groups excluding carboxylic acids is 1. The predicted molar refractivity (Wildman–Crippen MR) is 101 cm³/mol. The fourth-order valence-corrected chi connectivity index (χ4v) is 4.55. The molecule has 0 spiro atoms. The summed E-state index contributed by atoms with van der Waals surface area (Å²) in [5.41, 5.74) is 2.43. The van der Waals surface area contributed by atoms with Crippen LogP contribution in [-0.2, 0) is 0 Å². The number of hydrogen-bond donors (Lipinski definition) is 1. The van der Waals surface area contributed by atoms with Crippen LogP contribution in [0.25, 0.3) is 0 Å². The van der Waals surface area contributed by atoms with E-state index in [2.05, 4.69) is 15.6 Å². The van der Waals surface area contributed by atoms with E-state index in [0.29, 0.717) is 11.7 Å². The van der Waals surface area contributed by atoms with Crippen LogP contribution in [-0.4, -0.2) is 52.2 Å². The van der Waals surface area contributed by atoms with E-state index in [1.807, 2.05) is 34.7 Å². The molecule has 4 heterocycles. The molecule has 0 radical (unpaired) electrons. The van der Waals surface area contributed by atoms with Gasteiger partial charge < -0.3 is 19.7 Å². The average molecular weight is 383 g/mol. The molecule has 0 bridgehead atoms. The molecule has 8 nitrogen and oxygen atoms in total. The molecule has 5 rings (SSSR count). The van der Waals surface area contributed by atoms with E-state index in [9.17, 15) is 4.79 Å². The van der Waals surface area contributed by atoms with Crippen molar-refractivity contribution in [2.24, 2.45) is 0 Å². The number of fused-ring (bicyclic) bond motifs is 1. The van der Waals surface area contributed by atoms with Crippen molar-refractivity contribution in [3.05, 3.63) is 35.2 Å². The summed E-state index contributed by atoms with van der Waals surface area (Å²) in [5.74, 6) is 1.49. The van der Waals surface area contributed by atoms with Gasteiger partial charge in [-0.25, -0.2) is 4.68 Å². The molecule has 1 atom stereocenters. The predicted octanol–water partition coefficient (Wildman–Crippen LogP) is 2.22. The van der Waals surface area contributed by atoms with Gasteiger partial charge in [-0.1, -0.05) is 11.3 Å². The highest BCUT2D eigenvalue weighted by molar-refractivity contribution is 5.93. The van der Waals surface area contributed by atoms with Crippen LogP contribution in [0.2, 0.25) is 0 Å². The maximum atomic E-state index is 13.3. The number of likely N-dealkylation sites (tertiary alicyclic amines) is 1. The SMILES string of the molecule is Cc1c(C(=O)N2CCCC2c2ccc3c(c2)OCO3)nnn1C1CCNCC1. The Morgan fingerprint density at radius 1 is 1.18 bits per heavy atom. The second-order valence-electron chi connectivity index (χ2n) is 7.72. The number of benzene rings is 1. The zero-order valence-electron chi connectivity index (χ0n) is 16.1. The Labute approximate surface area is 163 Å². The number of nitrogens with one attached hydrogen (secondary N) is 1. The summed E-state index contributed by atoms with van der Waals surface area (Å²) < 4.78 is 12.9. The fourth-order valence-electron chi connectivity index (χ4n) is 4.55. The highest BCUT2D eigenvalue weighted by atomic mass is 16.7. The third-order valence-electron chi connectivity index (χ3n) is 6.08. The fraction of sp³-hybridized carbons (Fsp3) is 0.550. The number of aromatic nitrogens is 3. The Bertz CT molecular complexity index is 890. The first-order chi connectivity index (χ1) is 13.7. The Morgan fingerprint density at radius 3 is 2.86 bits per heavy atom. The molecule has 1 unspecified atom stereocenters. The Kier molecular flexibility index (Phi) is 4.43. The summed E-state index contributed by atoms with van der Waals surface area (Å²) in [6.07, 6.45) is 3.95. The maximum absolute atomic E-state index is 13.3. The first-order valence-corrected chi connectivity index (χ1v) is 10.1. The minimum absolute atomic E-state index is 0.0298. The third-order valence-corrected chi connectivity index (χ3v) is 6.08. The monoisotopic (exact) mass is 383 g/mol. The number of hydrogen-bond acceptors (Lipinski definition) is 6.